The molecule has 4 heterocycles. The quantitative estimate of drug-likeness (QED) is 0.243. The van der Waals surface area contributed by atoms with Crippen LogP contribution in [0.15, 0.2) is 85.3 Å². The van der Waals surface area contributed by atoms with E-state index in [4.69, 9.17) is 4.98 Å². The van der Waals surface area contributed by atoms with Crippen LogP contribution in [0, 0.1) is 0 Å². The molecule has 4 aromatic heterocycles. The zero-order valence-electron chi connectivity index (χ0n) is 18.8. The fourth-order valence-corrected chi connectivity index (χ4v) is 6.58. The Labute approximate surface area is 200 Å². The molecule has 7 aromatic rings. The van der Waals surface area contributed by atoms with Gasteiger partial charge in [0.05, 0.1) is 17.2 Å². The van der Waals surface area contributed by atoms with E-state index in [0.717, 1.165) is 40.6 Å². The lowest BCUT2D eigenvalue weighted by atomic mass is 9.93. The molecule has 9 rings (SSSR count). The number of pyridine rings is 3. The Balaban J connectivity index is 1.44. The lowest BCUT2D eigenvalue weighted by Gasteiger charge is -2.13. The molecule has 0 atom stereocenters. The molecule has 2 aliphatic rings. The molecule has 4 heteroatoms. The van der Waals surface area contributed by atoms with E-state index < -0.39 is 0 Å². The molecule has 162 valence electrons. The van der Waals surface area contributed by atoms with Crippen molar-refractivity contribution in [2.45, 2.75) is 12.8 Å². The number of benzene rings is 3. The molecule has 0 radical (unpaired) electrons. The van der Waals surface area contributed by atoms with Gasteiger partial charge in [0.25, 0.3) is 0 Å². The third kappa shape index (κ3) is 2.11. The van der Waals surface area contributed by atoms with Crippen LogP contribution < -0.4 is 0 Å². The molecule has 0 fully saturated rings. The van der Waals surface area contributed by atoms with Crippen LogP contribution in [-0.4, -0.2) is 19.4 Å². The molecule has 0 N–H and O–H groups in total. The summed E-state index contributed by atoms with van der Waals surface area (Å²) < 4.78 is 2.22. The van der Waals surface area contributed by atoms with Crippen molar-refractivity contribution in [1.29, 1.82) is 0 Å². The van der Waals surface area contributed by atoms with Gasteiger partial charge in [-0.15, -0.1) is 0 Å². The van der Waals surface area contributed by atoms with Crippen molar-refractivity contribution in [1.82, 2.24) is 19.4 Å². The number of rotatable bonds is 0. The summed E-state index contributed by atoms with van der Waals surface area (Å²) in [5, 5.41) is 3.65. The Hall–Kier alpha value is -4.57. The molecule has 0 aliphatic heterocycles. The largest absolute Gasteiger partial charge is 0.288 e. The van der Waals surface area contributed by atoms with Crippen LogP contribution in [0.3, 0.4) is 0 Å². The van der Waals surface area contributed by atoms with Gasteiger partial charge in [0, 0.05) is 28.6 Å². The number of aromatic nitrogens is 4. The van der Waals surface area contributed by atoms with Gasteiger partial charge >= 0.3 is 0 Å². The molecule has 0 saturated carbocycles. The molecule has 0 saturated heterocycles. The zero-order valence-corrected chi connectivity index (χ0v) is 18.8. The fraction of sp³-hybridized carbons (Fsp3) is 0.0645. The van der Waals surface area contributed by atoms with Gasteiger partial charge in [-0.2, -0.15) is 0 Å². The van der Waals surface area contributed by atoms with Crippen LogP contribution in [0.25, 0.3) is 60.7 Å². The van der Waals surface area contributed by atoms with E-state index >= 15 is 0 Å². The molecule has 4 nitrogen and oxygen atoms in total. The number of hydrogen-bond acceptors (Lipinski definition) is 3. The van der Waals surface area contributed by atoms with Gasteiger partial charge < -0.3 is 0 Å². The highest BCUT2D eigenvalue weighted by Crippen LogP contribution is 2.50. The van der Waals surface area contributed by atoms with E-state index in [-0.39, 0.29) is 0 Å². The molecule has 2 aliphatic carbocycles. The lowest BCUT2D eigenvalue weighted by Crippen LogP contribution is -1.94. The predicted octanol–water partition coefficient (Wildman–Crippen LogP) is 6.73. The monoisotopic (exact) mass is 446 g/mol. The van der Waals surface area contributed by atoms with Crippen LogP contribution in [0.1, 0.15) is 22.3 Å². The van der Waals surface area contributed by atoms with Gasteiger partial charge in [-0.05, 0) is 75.5 Å². The zero-order chi connectivity index (χ0) is 22.7. The molecule has 0 bridgehead atoms. The van der Waals surface area contributed by atoms with E-state index in [1.807, 2.05) is 24.7 Å². The third-order valence-corrected chi connectivity index (χ3v) is 8.02. The summed E-state index contributed by atoms with van der Waals surface area (Å²) in [6, 6.07) is 24.3. The third-order valence-electron chi connectivity index (χ3n) is 8.02. The van der Waals surface area contributed by atoms with Crippen LogP contribution in [0.2, 0.25) is 0 Å². The molecule has 0 amide bonds. The maximum absolute atomic E-state index is 4.98. The second-order valence-corrected chi connectivity index (χ2v) is 9.66. The van der Waals surface area contributed by atoms with Gasteiger partial charge in [0.15, 0.2) is 5.65 Å². The summed E-state index contributed by atoms with van der Waals surface area (Å²) >= 11 is 0. The minimum absolute atomic E-state index is 0.765. The SMILES string of the molecule is c1ccc2c(c1)Cc1c-2ccc2c1Cc1ccc3c(c1-2)c1ccncc1n1c2cccnc2nc31. The molecular weight excluding hydrogens is 428 g/mol. The second-order valence-electron chi connectivity index (χ2n) is 9.66. The molecule has 0 unspecified atom stereocenters. The van der Waals surface area contributed by atoms with Crippen LogP contribution >= 0.6 is 0 Å². The van der Waals surface area contributed by atoms with E-state index in [1.165, 1.54) is 55.3 Å². The minimum atomic E-state index is 0.765. The number of nitrogens with zero attached hydrogens (tertiary/aromatic N) is 4. The van der Waals surface area contributed by atoms with E-state index in [1.54, 1.807) is 0 Å². The topological polar surface area (TPSA) is 43.1 Å². The van der Waals surface area contributed by atoms with Crippen LogP contribution in [0.4, 0.5) is 0 Å². The van der Waals surface area contributed by atoms with E-state index in [0.29, 0.717) is 0 Å². The Morgan fingerprint density at radius 2 is 1.54 bits per heavy atom. The van der Waals surface area contributed by atoms with Crippen molar-refractivity contribution in [3.05, 3.63) is 108 Å². The first-order valence-corrected chi connectivity index (χ1v) is 12.0. The smallest absolute Gasteiger partial charge is 0.178 e. The first-order chi connectivity index (χ1) is 17.4. The summed E-state index contributed by atoms with van der Waals surface area (Å²) in [5.74, 6) is 0. The number of imidazole rings is 1. The maximum atomic E-state index is 4.98. The van der Waals surface area contributed by atoms with E-state index in [9.17, 15) is 0 Å². The number of fused-ring (bicyclic) bond motifs is 16. The molecule has 35 heavy (non-hydrogen) atoms. The predicted molar refractivity (Wildman–Crippen MR) is 140 cm³/mol. The van der Waals surface area contributed by atoms with Gasteiger partial charge in [-0.1, -0.05) is 48.5 Å². The summed E-state index contributed by atoms with van der Waals surface area (Å²) in [7, 11) is 0. The minimum Gasteiger partial charge on any atom is -0.288 e. The summed E-state index contributed by atoms with van der Waals surface area (Å²) in [6.45, 7) is 0. The van der Waals surface area contributed by atoms with Crippen molar-refractivity contribution in [3.8, 4) is 22.3 Å². The normalized spacial score (nSPS) is 13.5. The highest BCUT2D eigenvalue weighted by molar-refractivity contribution is 6.20. The van der Waals surface area contributed by atoms with Crippen molar-refractivity contribution in [2.24, 2.45) is 0 Å². The maximum Gasteiger partial charge on any atom is 0.178 e. The van der Waals surface area contributed by atoms with E-state index in [2.05, 4.69) is 75.0 Å². The van der Waals surface area contributed by atoms with Crippen molar-refractivity contribution in [2.75, 3.05) is 0 Å². The van der Waals surface area contributed by atoms with Gasteiger partial charge in [-0.25, -0.2) is 9.97 Å². The van der Waals surface area contributed by atoms with Crippen LogP contribution in [-0.2, 0) is 12.8 Å². The summed E-state index contributed by atoms with van der Waals surface area (Å²) in [6.07, 6.45) is 7.67. The summed E-state index contributed by atoms with van der Waals surface area (Å²) in [4.78, 5) is 14.0. The van der Waals surface area contributed by atoms with Gasteiger partial charge in [-0.3, -0.25) is 9.38 Å². The molecule has 3 aromatic carbocycles. The van der Waals surface area contributed by atoms with Gasteiger partial charge in [0.1, 0.15) is 5.65 Å². The van der Waals surface area contributed by atoms with Crippen molar-refractivity contribution < 1.29 is 0 Å². The number of hydrogen-bond donors (Lipinski definition) is 0. The van der Waals surface area contributed by atoms with Gasteiger partial charge in [0.2, 0.25) is 0 Å². The van der Waals surface area contributed by atoms with Crippen molar-refractivity contribution in [3.63, 3.8) is 0 Å². The Bertz CT molecular complexity index is 2070. The average molecular weight is 447 g/mol. The Morgan fingerprint density at radius 1 is 0.657 bits per heavy atom. The first-order valence-electron chi connectivity index (χ1n) is 12.0. The lowest BCUT2D eigenvalue weighted by molar-refractivity contribution is 1.16. The highest BCUT2D eigenvalue weighted by atomic mass is 15.1. The van der Waals surface area contributed by atoms with Crippen LogP contribution in [0.5, 0.6) is 0 Å². The average Bonchev–Trinajstić information content (AvgIpc) is 3.59. The first kappa shape index (κ1) is 17.8. The highest BCUT2D eigenvalue weighted by Gasteiger charge is 2.30. The standard InChI is InChI=1S/C31H18N4/c1-2-5-19-17(4-1)14-24-20(19)9-10-21-25(24)15-18-7-8-23-29(28(18)21)22-11-13-32-16-27(22)35-26-6-3-12-33-30(26)34-31(23)35/h1-13,16H,14-15H2. The fourth-order valence-electron chi connectivity index (χ4n) is 6.58. The summed E-state index contributed by atoms with van der Waals surface area (Å²) in [5.41, 5.74) is 15.1. The van der Waals surface area contributed by atoms with Crippen molar-refractivity contribution >= 4 is 38.5 Å². The molecular formula is C31H18N4. The second kappa shape index (κ2) is 6.10. The molecule has 0 spiro atoms. The Kier molecular flexibility index (Phi) is 3.11. The Morgan fingerprint density at radius 3 is 2.54 bits per heavy atom.